The first-order valence-corrected chi connectivity index (χ1v) is 5.68. The molecule has 1 atom stereocenters. The van der Waals surface area contributed by atoms with Crippen LogP contribution in [0.1, 0.15) is 30.8 Å². The smallest absolute Gasteiger partial charge is 0.287 e. The molecule has 0 bridgehead atoms. The van der Waals surface area contributed by atoms with Crippen molar-refractivity contribution >= 4 is 11.6 Å². The summed E-state index contributed by atoms with van der Waals surface area (Å²) in [5, 5.41) is 22.2. The largest absolute Gasteiger partial charge is 0.394 e. The number of nitrogens with one attached hydrogen (secondary N) is 2. The number of aromatic nitrogens is 1. The number of hydrogen-bond acceptors (Lipinski definition) is 4. The molecule has 7 heteroatoms. The second kappa shape index (κ2) is 6.15. The molecule has 1 heterocycles. The number of amides is 1. The summed E-state index contributed by atoms with van der Waals surface area (Å²) in [7, 11) is 0. The molecule has 0 aliphatic carbocycles. The molecule has 0 saturated carbocycles. The lowest BCUT2D eigenvalue weighted by Crippen LogP contribution is -2.38. The van der Waals surface area contributed by atoms with E-state index >= 15 is 0 Å². The first kappa shape index (κ1) is 14.2. The van der Waals surface area contributed by atoms with Gasteiger partial charge < -0.3 is 15.4 Å². The summed E-state index contributed by atoms with van der Waals surface area (Å²) < 4.78 is 0. The Bertz CT molecular complexity index is 428. The van der Waals surface area contributed by atoms with Crippen molar-refractivity contribution in [1.29, 1.82) is 0 Å². The third-order valence-electron chi connectivity index (χ3n) is 2.43. The summed E-state index contributed by atoms with van der Waals surface area (Å²) in [4.78, 5) is 24.2. The number of rotatable bonds is 6. The van der Waals surface area contributed by atoms with Crippen molar-refractivity contribution in [2.75, 3.05) is 6.61 Å². The summed E-state index contributed by atoms with van der Waals surface area (Å²) in [6.45, 7) is 3.80. The van der Waals surface area contributed by atoms with E-state index in [1.807, 2.05) is 13.8 Å². The van der Waals surface area contributed by atoms with Crippen LogP contribution in [0.5, 0.6) is 0 Å². The van der Waals surface area contributed by atoms with Crippen LogP contribution >= 0.6 is 0 Å². The number of aromatic amines is 1. The maximum atomic E-state index is 11.8. The van der Waals surface area contributed by atoms with Gasteiger partial charge in [0, 0.05) is 6.07 Å². The molecule has 0 fully saturated rings. The monoisotopic (exact) mass is 255 g/mol. The fraction of sp³-hybridized carbons (Fsp3) is 0.545. The Balaban J connectivity index is 2.65. The molecule has 1 amide bonds. The first-order valence-electron chi connectivity index (χ1n) is 5.68. The summed E-state index contributed by atoms with van der Waals surface area (Å²) in [5.74, 6) is -0.122. The average Bonchev–Trinajstić information content (AvgIpc) is 2.76. The molecule has 0 radical (unpaired) electrons. The fourth-order valence-corrected chi connectivity index (χ4v) is 1.63. The highest BCUT2D eigenvalue weighted by atomic mass is 16.6. The Kier molecular flexibility index (Phi) is 4.85. The van der Waals surface area contributed by atoms with Crippen molar-refractivity contribution in [3.63, 3.8) is 0 Å². The van der Waals surface area contributed by atoms with Crippen LogP contribution < -0.4 is 5.32 Å². The van der Waals surface area contributed by atoms with Gasteiger partial charge in [0.15, 0.2) is 0 Å². The van der Waals surface area contributed by atoms with E-state index in [2.05, 4.69) is 10.3 Å². The number of carbonyl (C=O) groups excluding carboxylic acids is 1. The van der Waals surface area contributed by atoms with E-state index in [0.717, 1.165) is 6.20 Å². The molecule has 7 nitrogen and oxygen atoms in total. The standard InChI is InChI=1S/C11H17N3O4/c1-7(2)3-8(6-15)13-11(16)10-4-9(5-12-10)14(17)18/h4-5,7-8,12,15H,3,6H2,1-2H3,(H,13,16). The predicted molar refractivity (Wildman–Crippen MR) is 65.2 cm³/mol. The van der Waals surface area contributed by atoms with Crippen molar-refractivity contribution in [2.45, 2.75) is 26.3 Å². The van der Waals surface area contributed by atoms with Crippen LogP contribution in [-0.4, -0.2) is 33.6 Å². The molecule has 100 valence electrons. The Labute approximate surface area is 104 Å². The van der Waals surface area contributed by atoms with Crippen LogP contribution in [0.3, 0.4) is 0 Å². The number of carbonyl (C=O) groups is 1. The van der Waals surface area contributed by atoms with Crippen LogP contribution in [0, 0.1) is 16.0 Å². The van der Waals surface area contributed by atoms with E-state index in [-0.39, 0.29) is 24.0 Å². The van der Waals surface area contributed by atoms with Gasteiger partial charge in [0.05, 0.1) is 23.8 Å². The van der Waals surface area contributed by atoms with Crippen LogP contribution in [-0.2, 0) is 0 Å². The van der Waals surface area contributed by atoms with E-state index in [9.17, 15) is 14.9 Å². The van der Waals surface area contributed by atoms with Crippen molar-refractivity contribution in [1.82, 2.24) is 10.3 Å². The number of aliphatic hydroxyl groups excluding tert-OH is 1. The van der Waals surface area contributed by atoms with E-state index in [1.54, 1.807) is 0 Å². The van der Waals surface area contributed by atoms with E-state index in [4.69, 9.17) is 5.11 Å². The number of H-pyrrole nitrogens is 1. The minimum atomic E-state index is -0.578. The van der Waals surface area contributed by atoms with E-state index in [0.29, 0.717) is 12.3 Å². The van der Waals surface area contributed by atoms with Gasteiger partial charge in [-0.15, -0.1) is 0 Å². The third-order valence-corrected chi connectivity index (χ3v) is 2.43. The number of aliphatic hydroxyl groups is 1. The van der Waals surface area contributed by atoms with Gasteiger partial charge in [-0.2, -0.15) is 0 Å². The van der Waals surface area contributed by atoms with Crippen LogP contribution in [0.15, 0.2) is 12.3 Å². The number of nitro groups is 1. The van der Waals surface area contributed by atoms with E-state index < -0.39 is 10.8 Å². The van der Waals surface area contributed by atoms with Gasteiger partial charge in [-0.3, -0.25) is 14.9 Å². The van der Waals surface area contributed by atoms with Gasteiger partial charge in [0.1, 0.15) is 5.69 Å². The van der Waals surface area contributed by atoms with E-state index in [1.165, 1.54) is 6.07 Å². The second-order valence-electron chi connectivity index (χ2n) is 4.51. The first-order chi connectivity index (χ1) is 8.43. The van der Waals surface area contributed by atoms with Crippen molar-refractivity contribution in [2.24, 2.45) is 5.92 Å². The molecule has 0 aromatic carbocycles. The lowest BCUT2D eigenvalue weighted by atomic mass is 10.0. The molecule has 1 rings (SSSR count). The lowest BCUT2D eigenvalue weighted by Gasteiger charge is -2.17. The highest BCUT2D eigenvalue weighted by molar-refractivity contribution is 5.93. The van der Waals surface area contributed by atoms with Gasteiger partial charge in [-0.05, 0) is 12.3 Å². The second-order valence-corrected chi connectivity index (χ2v) is 4.51. The highest BCUT2D eigenvalue weighted by Gasteiger charge is 2.18. The lowest BCUT2D eigenvalue weighted by molar-refractivity contribution is -0.384. The zero-order chi connectivity index (χ0) is 13.7. The summed E-state index contributed by atoms with van der Waals surface area (Å²) in [6.07, 6.45) is 1.80. The van der Waals surface area contributed by atoms with Crippen LogP contribution in [0.4, 0.5) is 5.69 Å². The Morgan fingerprint density at radius 1 is 1.61 bits per heavy atom. The zero-order valence-electron chi connectivity index (χ0n) is 10.3. The highest BCUT2D eigenvalue weighted by Crippen LogP contribution is 2.12. The molecule has 0 saturated heterocycles. The number of hydrogen-bond donors (Lipinski definition) is 3. The molecule has 0 aliphatic rings. The molecule has 1 aromatic heterocycles. The Morgan fingerprint density at radius 3 is 2.72 bits per heavy atom. The number of nitrogens with zero attached hydrogens (tertiary/aromatic N) is 1. The molecule has 0 aliphatic heterocycles. The SMILES string of the molecule is CC(C)CC(CO)NC(=O)c1cc([N+](=O)[O-])c[nH]1. The molecular formula is C11H17N3O4. The summed E-state index contributed by atoms with van der Waals surface area (Å²) in [5.41, 5.74) is -0.0477. The van der Waals surface area contributed by atoms with Gasteiger partial charge >= 0.3 is 0 Å². The molecular weight excluding hydrogens is 238 g/mol. The topological polar surface area (TPSA) is 108 Å². The normalized spacial score (nSPS) is 12.4. The van der Waals surface area contributed by atoms with Crippen LogP contribution in [0.2, 0.25) is 0 Å². The minimum absolute atomic E-state index is 0.115. The summed E-state index contributed by atoms with van der Waals surface area (Å²) in [6, 6.07) is 0.818. The van der Waals surface area contributed by atoms with Gasteiger partial charge in [-0.25, -0.2) is 0 Å². The molecule has 1 aromatic rings. The minimum Gasteiger partial charge on any atom is -0.394 e. The summed E-state index contributed by atoms with van der Waals surface area (Å²) >= 11 is 0. The molecule has 1 unspecified atom stereocenters. The third kappa shape index (κ3) is 3.85. The Morgan fingerprint density at radius 2 is 2.28 bits per heavy atom. The van der Waals surface area contributed by atoms with Gasteiger partial charge in [-0.1, -0.05) is 13.8 Å². The van der Waals surface area contributed by atoms with Gasteiger partial charge in [0.25, 0.3) is 11.6 Å². The predicted octanol–water partition coefficient (Wildman–Crippen LogP) is 1.06. The molecule has 18 heavy (non-hydrogen) atoms. The zero-order valence-corrected chi connectivity index (χ0v) is 10.3. The maximum absolute atomic E-state index is 11.8. The van der Waals surface area contributed by atoms with Crippen molar-refractivity contribution in [3.05, 3.63) is 28.1 Å². The molecule has 0 spiro atoms. The van der Waals surface area contributed by atoms with Crippen molar-refractivity contribution < 1.29 is 14.8 Å². The van der Waals surface area contributed by atoms with Crippen LogP contribution in [0.25, 0.3) is 0 Å². The molecule has 3 N–H and O–H groups in total. The Hall–Kier alpha value is -1.89. The van der Waals surface area contributed by atoms with Crippen molar-refractivity contribution in [3.8, 4) is 0 Å². The average molecular weight is 255 g/mol. The van der Waals surface area contributed by atoms with Gasteiger partial charge in [0.2, 0.25) is 0 Å². The quantitative estimate of drug-likeness (QED) is 0.521. The fourth-order valence-electron chi connectivity index (χ4n) is 1.63. The maximum Gasteiger partial charge on any atom is 0.287 e.